The standard InChI is InChI=1S/C4H6ClN5S/c5-1-2-8-4(11-10-2)9-3(6)7/h1H2,(H4,6,7,8,9,10). The highest BCUT2D eigenvalue weighted by Gasteiger charge is 2.00. The van der Waals surface area contributed by atoms with Crippen molar-refractivity contribution in [3.8, 4) is 0 Å². The molecular weight excluding hydrogens is 186 g/mol. The van der Waals surface area contributed by atoms with E-state index in [1.54, 1.807) is 0 Å². The minimum atomic E-state index is -0.0257. The minimum absolute atomic E-state index is 0.0257. The van der Waals surface area contributed by atoms with Gasteiger partial charge in [-0.05, 0) is 0 Å². The summed E-state index contributed by atoms with van der Waals surface area (Å²) in [6.45, 7) is 0. The number of nitrogens with zero attached hydrogens (tertiary/aromatic N) is 3. The molecule has 0 aliphatic heterocycles. The number of hydrogen-bond donors (Lipinski definition) is 2. The Balaban J connectivity index is 2.81. The number of halogens is 1. The lowest BCUT2D eigenvalue weighted by atomic mass is 10.7. The number of rotatable bonds is 2. The van der Waals surface area contributed by atoms with E-state index in [0.717, 1.165) is 11.5 Å². The minimum Gasteiger partial charge on any atom is -0.370 e. The highest BCUT2D eigenvalue weighted by Crippen LogP contribution is 2.14. The van der Waals surface area contributed by atoms with Crippen LogP contribution < -0.4 is 11.5 Å². The number of nitrogens with two attached hydrogens (primary N) is 2. The van der Waals surface area contributed by atoms with E-state index in [-0.39, 0.29) is 11.8 Å². The van der Waals surface area contributed by atoms with Gasteiger partial charge in [0.1, 0.15) is 0 Å². The van der Waals surface area contributed by atoms with Gasteiger partial charge in [0.2, 0.25) is 5.13 Å². The molecule has 11 heavy (non-hydrogen) atoms. The van der Waals surface area contributed by atoms with E-state index >= 15 is 0 Å². The maximum atomic E-state index is 5.45. The number of alkyl halides is 1. The predicted octanol–water partition coefficient (Wildman–Crippen LogP) is 0.182. The van der Waals surface area contributed by atoms with Crippen LogP contribution in [-0.2, 0) is 5.88 Å². The van der Waals surface area contributed by atoms with E-state index in [1.165, 1.54) is 0 Å². The van der Waals surface area contributed by atoms with Crippen LogP contribution in [-0.4, -0.2) is 15.3 Å². The summed E-state index contributed by atoms with van der Waals surface area (Å²) < 4.78 is 3.87. The SMILES string of the molecule is NC(N)=Nc1nc(CCl)ns1. The van der Waals surface area contributed by atoms with E-state index in [4.69, 9.17) is 23.1 Å². The Morgan fingerprint density at radius 2 is 2.36 bits per heavy atom. The molecule has 0 amide bonds. The van der Waals surface area contributed by atoms with Crippen molar-refractivity contribution >= 4 is 34.2 Å². The molecule has 0 aliphatic carbocycles. The fourth-order valence-corrected chi connectivity index (χ4v) is 1.23. The molecule has 1 aromatic heterocycles. The Bertz CT molecular complexity index is 265. The third kappa shape index (κ3) is 2.32. The maximum absolute atomic E-state index is 5.45. The molecule has 0 fully saturated rings. The average Bonchev–Trinajstić information content (AvgIpc) is 2.34. The van der Waals surface area contributed by atoms with Crippen LogP contribution in [0.1, 0.15) is 5.82 Å². The lowest BCUT2D eigenvalue weighted by molar-refractivity contribution is 1.12. The Morgan fingerprint density at radius 1 is 1.64 bits per heavy atom. The quantitative estimate of drug-likeness (QED) is 0.397. The van der Waals surface area contributed by atoms with Gasteiger partial charge in [-0.2, -0.15) is 9.37 Å². The lowest BCUT2D eigenvalue weighted by Crippen LogP contribution is -2.21. The summed E-state index contributed by atoms with van der Waals surface area (Å²) in [5.41, 5.74) is 10.2. The predicted molar refractivity (Wildman–Crippen MR) is 44.9 cm³/mol. The first kappa shape index (κ1) is 8.22. The summed E-state index contributed by atoms with van der Waals surface area (Å²) in [6, 6.07) is 0. The molecule has 0 bridgehead atoms. The number of hydrogen-bond acceptors (Lipinski definition) is 4. The van der Waals surface area contributed by atoms with Crippen molar-refractivity contribution in [2.24, 2.45) is 16.5 Å². The Kier molecular flexibility index (Phi) is 2.61. The van der Waals surface area contributed by atoms with Gasteiger partial charge >= 0.3 is 0 Å². The molecule has 1 heterocycles. The van der Waals surface area contributed by atoms with Gasteiger partial charge in [0, 0.05) is 11.5 Å². The summed E-state index contributed by atoms with van der Waals surface area (Å²) >= 11 is 6.56. The second-order valence-corrected chi connectivity index (χ2v) is 2.66. The molecule has 0 saturated heterocycles. The fourth-order valence-electron chi connectivity index (χ4n) is 0.455. The van der Waals surface area contributed by atoms with Crippen LogP contribution in [0.2, 0.25) is 0 Å². The van der Waals surface area contributed by atoms with Crippen molar-refractivity contribution in [1.29, 1.82) is 0 Å². The molecule has 0 saturated carbocycles. The molecule has 0 unspecified atom stereocenters. The first-order valence-corrected chi connectivity index (χ1v) is 4.01. The van der Waals surface area contributed by atoms with Crippen molar-refractivity contribution in [2.45, 2.75) is 5.88 Å². The Labute approximate surface area is 72.3 Å². The smallest absolute Gasteiger partial charge is 0.232 e. The molecule has 5 nitrogen and oxygen atoms in total. The number of guanidine groups is 1. The van der Waals surface area contributed by atoms with Crippen molar-refractivity contribution in [3.63, 3.8) is 0 Å². The van der Waals surface area contributed by atoms with Gasteiger partial charge in [0.05, 0.1) is 5.88 Å². The highest BCUT2D eigenvalue weighted by molar-refractivity contribution is 7.09. The van der Waals surface area contributed by atoms with Crippen LogP contribution in [0.15, 0.2) is 4.99 Å². The third-order valence-electron chi connectivity index (χ3n) is 0.802. The fraction of sp³-hybridized carbons (Fsp3) is 0.250. The largest absolute Gasteiger partial charge is 0.370 e. The van der Waals surface area contributed by atoms with Gasteiger partial charge < -0.3 is 11.5 Å². The molecule has 1 aromatic rings. The van der Waals surface area contributed by atoms with E-state index in [0.29, 0.717) is 11.0 Å². The lowest BCUT2D eigenvalue weighted by Gasteiger charge is -1.84. The summed E-state index contributed by atoms with van der Waals surface area (Å²) in [4.78, 5) is 7.58. The van der Waals surface area contributed by atoms with E-state index in [2.05, 4.69) is 14.3 Å². The van der Waals surface area contributed by atoms with Crippen molar-refractivity contribution in [2.75, 3.05) is 0 Å². The van der Waals surface area contributed by atoms with E-state index in [9.17, 15) is 0 Å². The zero-order chi connectivity index (χ0) is 8.27. The molecule has 0 radical (unpaired) electrons. The Hall–Kier alpha value is -0.880. The second-order valence-electron chi connectivity index (χ2n) is 1.66. The zero-order valence-corrected chi connectivity index (χ0v) is 7.06. The van der Waals surface area contributed by atoms with Crippen molar-refractivity contribution in [3.05, 3.63) is 5.82 Å². The summed E-state index contributed by atoms with van der Waals surface area (Å²) in [6.07, 6.45) is 0. The maximum Gasteiger partial charge on any atom is 0.232 e. The highest BCUT2D eigenvalue weighted by atomic mass is 35.5. The summed E-state index contributed by atoms with van der Waals surface area (Å²) in [5.74, 6) is 0.787. The Morgan fingerprint density at radius 3 is 2.82 bits per heavy atom. The zero-order valence-electron chi connectivity index (χ0n) is 5.49. The van der Waals surface area contributed by atoms with Gasteiger partial charge in [-0.1, -0.05) is 0 Å². The van der Waals surface area contributed by atoms with Crippen LogP contribution in [0, 0.1) is 0 Å². The first-order valence-electron chi connectivity index (χ1n) is 2.70. The topological polar surface area (TPSA) is 90.2 Å². The van der Waals surface area contributed by atoms with E-state index in [1.807, 2.05) is 0 Å². The van der Waals surface area contributed by atoms with Crippen LogP contribution in [0.3, 0.4) is 0 Å². The van der Waals surface area contributed by atoms with Gasteiger partial charge in [0.15, 0.2) is 11.8 Å². The van der Waals surface area contributed by atoms with Gasteiger partial charge in [-0.15, -0.1) is 11.6 Å². The van der Waals surface area contributed by atoms with Crippen LogP contribution >= 0.6 is 23.1 Å². The normalized spacial score (nSPS) is 9.55. The van der Waals surface area contributed by atoms with Crippen molar-refractivity contribution in [1.82, 2.24) is 9.36 Å². The van der Waals surface area contributed by atoms with Crippen LogP contribution in [0.25, 0.3) is 0 Å². The molecule has 1 rings (SSSR count). The van der Waals surface area contributed by atoms with Gasteiger partial charge in [-0.3, -0.25) is 0 Å². The molecule has 60 valence electrons. The van der Waals surface area contributed by atoms with E-state index < -0.39 is 0 Å². The number of aliphatic imine (C=N–C) groups is 1. The molecule has 0 spiro atoms. The van der Waals surface area contributed by atoms with Crippen molar-refractivity contribution < 1.29 is 0 Å². The van der Waals surface area contributed by atoms with Gasteiger partial charge in [-0.25, -0.2) is 4.98 Å². The first-order chi connectivity index (χ1) is 5.22. The summed E-state index contributed by atoms with van der Waals surface area (Å²) in [7, 11) is 0. The molecule has 0 atom stereocenters. The summed E-state index contributed by atoms with van der Waals surface area (Å²) in [5, 5.41) is 0.431. The molecule has 0 aliphatic rings. The van der Waals surface area contributed by atoms with Crippen LogP contribution in [0.5, 0.6) is 0 Å². The molecule has 7 heteroatoms. The second kappa shape index (κ2) is 3.49. The average molecular weight is 192 g/mol. The van der Waals surface area contributed by atoms with Crippen LogP contribution in [0.4, 0.5) is 5.13 Å². The number of aromatic nitrogens is 2. The monoisotopic (exact) mass is 191 g/mol. The third-order valence-corrected chi connectivity index (χ3v) is 1.69. The molecular formula is C4H6ClN5S. The molecule has 4 N–H and O–H groups in total. The molecule has 0 aromatic carbocycles. The van der Waals surface area contributed by atoms with Gasteiger partial charge in [0.25, 0.3) is 0 Å².